The number of aromatic nitrogens is 6. The van der Waals surface area contributed by atoms with Crippen molar-refractivity contribution in [2.75, 3.05) is 26.2 Å². The van der Waals surface area contributed by atoms with Crippen LogP contribution in [-0.2, 0) is 10.1 Å². The van der Waals surface area contributed by atoms with Crippen molar-refractivity contribution in [2.24, 2.45) is 0 Å². The van der Waals surface area contributed by atoms with Gasteiger partial charge in [-0.05, 0) is 70.1 Å². The number of nitrogens with one attached hydrogen (secondary N) is 1. The van der Waals surface area contributed by atoms with E-state index in [1.54, 1.807) is 30.3 Å². The van der Waals surface area contributed by atoms with Gasteiger partial charge in [-0.15, -0.1) is 11.3 Å². The zero-order valence-electron chi connectivity index (χ0n) is 25.9. The van der Waals surface area contributed by atoms with Gasteiger partial charge in [0.25, 0.3) is 10.1 Å². The number of nitrogens with zero attached hydrogens (tertiary/aromatic N) is 6. The molecule has 0 bridgehead atoms. The number of ether oxygens (including phenoxy) is 1. The molecule has 244 valence electrons. The monoisotopic (exact) mass is 675 g/mol. The van der Waals surface area contributed by atoms with Gasteiger partial charge in [0.15, 0.2) is 5.82 Å². The number of rotatable bonds is 8. The van der Waals surface area contributed by atoms with E-state index >= 15 is 0 Å². The maximum absolute atomic E-state index is 14.8. The average molecular weight is 676 g/mol. The largest absolute Gasteiger partial charge is 0.492 e. The maximum atomic E-state index is 14.8. The molecule has 11 nitrogen and oxygen atoms in total. The summed E-state index contributed by atoms with van der Waals surface area (Å²) < 4.78 is 52.3. The van der Waals surface area contributed by atoms with E-state index in [1.165, 1.54) is 55.1 Å². The molecule has 0 spiro atoms. The summed E-state index contributed by atoms with van der Waals surface area (Å²) in [6, 6.07) is 16.6. The fourth-order valence-electron chi connectivity index (χ4n) is 5.42. The minimum atomic E-state index is -4.02. The van der Waals surface area contributed by atoms with E-state index in [0.29, 0.717) is 23.7 Å². The minimum absolute atomic E-state index is 0.0666. The lowest BCUT2D eigenvalue weighted by atomic mass is 10.1. The second-order valence-corrected chi connectivity index (χ2v) is 13.6. The van der Waals surface area contributed by atoms with E-state index in [2.05, 4.69) is 25.2 Å². The first-order chi connectivity index (χ1) is 22.7. The lowest BCUT2D eigenvalue weighted by molar-refractivity contribution is 0.183. The molecular formula is C33H34FN7O4S2. The number of halogens is 1. The Morgan fingerprint density at radius 2 is 1.81 bits per heavy atom. The lowest BCUT2D eigenvalue weighted by Gasteiger charge is -2.26. The van der Waals surface area contributed by atoms with Gasteiger partial charge in [0, 0.05) is 24.4 Å². The molecule has 47 heavy (non-hydrogen) atoms. The van der Waals surface area contributed by atoms with E-state index in [0.717, 1.165) is 57.6 Å². The van der Waals surface area contributed by atoms with Gasteiger partial charge in [-0.25, -0.2) is 18.9 Å². The summed E-state index contributed by atoms with van der Waals surface area (Å²) >= 11 is 1.44. The number of thiazole rings is 1. The molecule has 6 aromatic rings. The van der Waals surface area contributed by atoms with Crippen LogP contribution in [0.3, 0.4) is 0 Å². The van der Waals surface area contributed by atoms with E-state index < -0.39 is 10.1 Å². The van der Waals surface area contributed by atoms with Crippen LogP contribution < -0.4 is 4.74 Å². The number of benzene rings is 2. The zero-order chi connectivity index (χ0) is 33.0. The second kappa shape index (κ2) is 14.1. The summed E-state index contributed by atoms with van der Waals surface area (Å²) in [5.41, 5.74) is 4.52. The van der Waals surface area contributed by atoms with Crippen molar-refractivity contribution in [1.29, 1.82) is 0 Å². The second-order valence-electron chi connectivity index (χ2n) is 11.2. The first kappa shape index (κ1) is 32.4. The van der Waals surface area contributed by atoms with Crippen LogP contribution >= 0.6 is 11.3 Å². The lowest BCUT2D eigenvalue weighted by Crippen LogP contribution is -2.33. The van der Waals surface area contributed by atoms with Crippen LogP contribution in [0.4, 0.5) is 4.39 Å². The van der Waals surface area contributed by atoms with E-state index in [1.807, 2.05) is 36.7 Å². The minimum Gasteiger partial charge on any atom is -0.492 e. The molecule has 2 aromatic carbocycles. The third kappa shape index (κ3) is 7.57. The summed E-state index contributed by atoms with van der Waals surface area (Å²) in [5.74, 6) is 1.01. The molecule has 0 amide bonds. The summed E-state index contributed by atoms with van der Waals surface area (Å²) in [5, 5.41) is 12.3. The number of likely N-dealkylation sites (tertiary alicyclic amines) is 1. The quantitative estimate of drug-likeness (QED) is 0.174. The molecule has 14 heteroatoms. The number of H-pyrrole nitrogens is 1. The van der Waals surface area contributed by atoms with Gasteiger partial charge in [0.1, 0.15) is 29.5 Å². The smallest absolute Gasteiger partial charge is 0.294 e. The van der Waals surface area contributed by atoms with Gasteiger partial charge in [-0.3, -0.25) is 14.6 Å². The maximum Gasteiger partial charge on any atom is 0.294 e. The van der Waals surface area contributed by atoms with Crippen LogP contribution in [0.15, 0.2) is 78.1 Å². The van der Waals surface area contributed by atoms with Crippen LogP contribution in [0.2, 0.25) is 0 Å². The standard InChI is InChI=1S/C26H26FN7OS.C7H8O3S/c1-17-22(21-15-18(9-12-34(21)32-17)35-14-13-33-10-5-2-6-11-33)26-30-23(19-7-3-4-8-20(19)27)24(36-26)25-28-16-29-31-25;1-6-2-4-7(5-3-6)11(8,9)10/h3-4,7-9,12,15-16H,2,5-6,10-11,13-14H2,1H3,(H,28,29,31);2-5H,1H3,(H,8,9,10). The molecule has 1 fully saturated rings. The van der Waals surface area contributed by atoms with Crippen LogP contribution in [0.25, 0.3) is 38.0 Å². The molecule has 0 atom stereocenters. The van der Waals surface area contributed by atoms with Gasteiger partial charge in [0.05, 0.1) is 32.2 Å². The summed E-state index contributed by atoms with van der Waals surface area (Å²) in [6.45, 7) is 7.66. The molecule has 4 aromatic heterocycles. The Balaban J connectivity index is 0.000000300. The molecule has 5 heterocycles. The van der Waals surface area contributed by atoms with Gasteiger partial charge < -0.3 is 4.74 Å². The number of aryl methyl sites for hydroxylation is 2. The number of fused-ring (bicyclic) bond motifs is 1. The third-order valence-electron chi connectivity index (χ3n) is 7.83. The Hall–Kier alpha value is -4.50. The summed E-state index contributed by atoms with van der Waals surface area (Å²) in [4.78, 5) is 12.3. The molecule has 0 aliphatic carbocycles. The molecule has 0 saturated carbocycles. The number of hydrogen-bond acceptors (Lipinski definition) is 9. The Morgan fingerprint density at radius 3 is 2.51 bits per heavy atom. The fourth-order valence-corrected chi connectivity index (χ4v) is 7.03. The SMILES string of the molecule is Cc1ccc(S(=O)(=O)O)cc1.Cc1nn2ccc(OCCN3CCCCC3)cc2c1-c1nc(-c2ccccc2F)c(-c2ncn[nH]2)s1. The molecular weight excluding hydrogens is 642 g/mol. The molecule has 1 aliphatic heterocycles. The van der Waals surface area contributed by atoms with Gasteiger partial charge in [0.2, 0.25) is 0 Å². The molecule has 1 saturated heterocycles. The highest BCUT2D eigenvalue weighted by Gasteiger charge is 2.23. The topological polar surface area (TPSA) is 139 Å². The summed E-state index contributed by atoms with van der Waals surface area (Å²) in [7, 11) is -4.02. The van der Waals surface area contributed by atoms with Gasteiger partial charge >= 0.3 is 0 Å². The summed E-state index contributed by atoms with van der Waals surface area (Å²) in [6.07, 6.45) is 7.20. The predicted octanol–water partition coefficient (Wildman–Crippen LogP) is 6.46. The van der Waals surface area contributed by atoms with Crippen LogP contribution in [0.1, 0.15) is 30.5 Å². The number of aromatic amines is 1. The number of hydrogen-bond donors (Lipinski definition) is 2. The van der Waals surface area contributed by atoms with Crippen molar-refractivity contribution < 1.29 is 22.1 Å². The van der Waals surface area contributed by atoms with Crippen LogP contribution in [0, 0.1) is 19.7 Å². The average Bonchev–Trinajstić information content (AvgIpc) is 3.80. The van der Waals surface area contributed by atoms with Crippen molar-refractivity contribution in [3.63, 3.8) is 0 Å². The number of pyridine rings is 1. The molecule has 1 aliphatic rings. The molecule has 2 N–H and O–H groups in total. The Morgan fingerprint density at radius 1 is 1.04 bits per heavy atom. The van der Waals surface area contributed by atoms with Crippen molar-refractivity contribution >= 4 is 27.0 Å². The Kier molecular flexibility index (Phi) is 9.73. The zero-order valence-corrected chi connectivity index (χ0v) is 27.6. The Labute approximate surface area is 275 Å². The third-order valence-corrected chi connectivity index (χ3v) is 9.77. The molecule has 7 rings (SSSR count). The van der Waals surface area contributed by atoms with Crippen LogP contribution in [0.5, 0.6) is 5.75 Å². The molecule has 0 radical (unpaired) electrons. The normalized spacial score (nSPS) is 13.8. The van der Waals surface area contributed by atoms with Gasteiger partial charge in [-0.1, -0.05) is 36.2 Å². The van der Waals surface area contributed by atoms with Gasteiger partial charge in [-0.2, -0.15) is 18.6 Å². The fraction of sp³-hybridized carbons (Fsp3) is 0.273. The highest BCUT2D eigenvalue weighted by atomic mass is 32.2. The Bertz CT molecular complexity index is 2070. The first-order valence-corrected chi connectivity index (χ1v) is 17.4. The van der Waals surface area contributed by atoms with Crippen molar-refractivity contribution in [1.82, 2.24) is 34.7 Å². The van der Waals surface area contributed by atoms with E-state index in [9.17, 15) is 12.8 Å². The first-order valence-electron chi connectivity index (χ1n) is 15.2. The van der Waals surface area contributed by atoms with E-state index in [4.69, 9.17) is 14.3 Å². The van der Waals surface area contributed by atoms with Crippen molar-refractivity contribution in [3.8, 4) is 38.3 Å². The highest BCUT2D eigenvalue weighted by molar-refractivity contribution is 7.85. The highest BCUT2D eigenvalue weighted by Crippen LogP contribution is 2.42. The predicted molar refractivity (Wildman–Crippen MR) is 179 cm³/mol. The van der Waals surface area contributed by atoms with Crippen molar-refractivity contribution in [3.05, 3.63) is 90.3 Å². The molecule has 0 unspecified atom stereocenters. The van der Waals surface area contributed by atoms with E-state index in [-0.39, 0.29) is 10.7 Å². The van der Waals surface area contributed by atoms with Crippen LogP contribution in [-0.4, -0.2) is 73.9 Å². The number of piperidine rings is 1. The van der Waals surface area contributed by atoms with Crippen molar-refractivity contribution in [2.45, 2.75) is 38.0 Å².